The predicted octanol–water partition coefficient (Wildman–Crippen LogP) is 1.14. The zero-order valence-corrected chi connectivity index (χ0v) is 6.39. The topological polar surface area (TPSA) is 12.5 Å². The van der Waals surface area contributed by atoms with E-state index >= 15 is 0 Å². The van der Waals surface area contributed by atoms with Crippen LogP contribution in [0.2, 0.25) is 0 Å². The van der Waals surface area contributed by atoms with E-state index in [4.69, 9.17) is 0 Å². The van der Waals surface area contributed by atoms with Gasteiger partial charge in [-0.2, -0.15) is 0 Å². The van der Waals surface area contributed by atoms with Crippen LogP contribution in [0.5, 0.6) is 0 Å². The van der Waals surface area contributed by atoms with Crippen molar-refractivity contribution in [2.24, 2.45) is 0 Å². The van der Waals surface area contributed by atoms with Gasteiger partial charge in [0.2, 0.25) is 0 Å². The minimum Gasteiger partial charge on any atom is -0.378 e. The normalized spacial score (nSPS) is 10.7. The van der Waals surface area contributed by atoms with Crippen molar-refractivity contribution in [3.63, 3.8) is 0 Å². The SMILES string of the molecule is [CH2]OCCN(CC)CC. The first-order valence-corrected chi connectivity index (χ1v) is 3.44. The molecule has 0 aliphatic rings. The predicted molar refractivity (Wildman–Crippen MR) is 39.1 cm³/mol. The van der Waals surface area contributed by atoms with E-state index < -0.39 is 0 Å². The Bertz CT molecular complexity index is 52.9. The van der Waals surface area contributed by atoms with Crippen LogP contribution in [0.15, 0.2) is 0 Å². The minimum absolute atomic E-state index is 0.738. The van der Waals surface area contributed by atoms with Crippen molar-refractivity contribution >= 4 is 0 Å². The van der Waals surface area contributed by atoms with Crippen LogP contribution < -0.4 is 0 Å². The van der Waals surface area contributed by atoms with Crippen LogP contribution >= 0.6 is 0 Å². The van der Waals surface area contributed by atoms with Gasteiger partial charge in [0.1, 0.15) is 0 Å². The van der Waals surface area contributed by atoms with Crippen LogP contribution in [0.1, 0.15) is 13.8 Å². The zero-order valence-electron chi connectivity index (χ0n) is 6.39. The summed E-state index contributed by atoms with van der Waals surface area (Å²) in [7, 11) is 3.30. The van der Waals surface area contributed by atoms with Crippen molar-refractivity contribution < 1.29 is 4.74 Å². The summed E-state index contributed by atoms with van der Waals surface area (Å²) in [5.74, 6) is 0. The highest BCUT2D eigenvalue weighted by Gasteiger charge is 1.95. The van der Waals surface area contributed by atoms with E-state index in [1.165, 1.54) is 0 Å². The number of hydrogen-bond acceptors (Lipinski definition) is 2. The molecule has 0 aromatic heterocycles. The van der Waals surface area contributed by atoms with Crippen molar-refractivity contribution in [3.05, 3.63) is 7.11 Å². The standard InChI is InChI=1S/C7H16NO/c1-4-8(5-2)6-7-9-3/h3-7H2,1-2H3. The fourth-order valence-electron chi connectivity index (χ4n) is 0.733. The second-order valence-corrected chi connectivity index (χ2v) is 1.94. The maximum absolute atomic E-state index is 4.68. The van der Waals surface area contributed by atoms with E-state index in [9.17, 15) is 0 Å². The van der Waals surface area contributed by atoms with Gasteiger partial charge in [-0.3, -0.25) is 0 Å². The molecule has 0 saturated heterocycles. The fourth-order valence-corrected chi connectivity index (χ4v) is 0.733. The first kappa shape index (κ1) is 8.92. The van der Waals surface area contributed by atoms with Crippen LogP contribution in [0.25, 0.3) is 0 Å². The highest BCUT2D eigenvalue weighted by Crippen LogP contribution is 1.85. The molecule has 0 aliphatic carbocycles. The van der Waals surface area contributed by atoms with Crippen molar-refractivity contribution in [2.45, 2.75) is 13.8 Å². The van der Waals surface area contributed by atoms with Crippen molar-refractivity contribution in [1.29, 1.82) is 0 Å². The molecule has 0 bridgehead atoms. The van der Waals surface area contributed by atoms with Gasteiger partial charge in [-0.1, -0.05) is 13.8 Å². The lowest BCUT2D eigenvalue weighted by Gasteiger charge is -2.16. The second-order valence-electron chi connectivity index (χ2n) is 1.94. The molecule has 55 valence electrons. The number of rotatable bonds is 5. The quantitative estimate of drug-likeness (QED) is 0.553. The Morgan fingerprint density at radius 2 is 1.89 bits per heavy atom. The molecule has 0 atom stereocenters. The Morgan fingerprint density at radius 1 is 1.33 bits per heavy atom. The third-order valence-electron chi connectivity index (χ3n) is 1.45. The van der Waals surface area contributed by atoms with Gasteiger partial charge in [0.05, 0.1) is 13.7 Å². The largest absolute Gasteiger partial charge is 0.378 e. The van der Waals surface area contributed by atoms with E-state index in [0.717, 1.165) is 26.2 Å². The number of likely N-dealkylation sites (N-methyl/N-ethyl adjacent to an activating group) is 1. The molecule has 0 unspecified atom stereocenters. The fraction of sp³-hybridized carbons (Fsp3) is 0.857. The molecular weight excluding hydrogens is 114 g/mol. The Hall–Kier alpha value is -0.0800. The molecule has 0 aromatic carbocycles. The average molecular weight is 130 g/mol. The van der Waals surface area contributed by atoms with Gasteiger partial charge in [-0.15, -0.1) is 0 Å². The summed E-state index contributed by atoms with van der Waals surface area (Å²) >= 11 is 0. The van der Waals surface area contributed by atoms with Gasteiger partial charge in [0, 0.05) is 6.54 Å². The van der Waals surface area contributed by atoms with Gasteiger partial charge < -0.3 is 9.64 Å². The highest BCUT2D eigenvalue weighted by molar-refractivity contribution is 4.49. The maximum Gasteiger partial charge on any atom is 0.0701 e. The minimum atomic E-state index is 0.738. The zero-order chi connectivity index (χ0) is 7.11. The summed E-state index contributed by atoms with van der Waals surface area (Å²) in [6, 6.07) is 0. The summed E-state index contributed by atoms with van der Waals surface area (Å²) in [4.78, 5) is 2.30. The molecule has 2 nitrogen and oxygen atoms in total. The average Bonchev–Trinajstić information content (AvgIpc) is 1.91. The lowest BCUT2D eigenvalue weighted by atomic mass is 10.5. The van der Waals surface area contributed by atoms with Gasteiger partial charge in [0.25, 0.3) is 0 Å². The Balaban J connectivity index is 3.09. The molecule has 0 N–H and O–H groups in total. The monoisotopic (exact) mass is 130 g/mol. The summed E-state index contributed by atoms with van der Waals surface area (Å²) in [6.07, 6.45) is 0. The third-order valence-corrected chi connectivity index (χ3v) is 1.45. The lowest BCUT2D eigenvalue weighted by Crippen LogP contribution is -2.26. The van der Waals surface area contributed by atoms with Gasteiger partial charge in [-0.25, -0.2) is 0 Å². The van der Waals surface area contributed by atoms with Crippen molar-refractivity contribution in [1.82, 2.24) is 4.90 Å². The molecular formula is C7H16NO. The molecule has 2 heteroatoms. The molecule has 0 amide bonds. The Labute approximate surface area is 57.8 Å². The summed E-state index contributed by atoms with van der Waals surface area (Å²) in [5.41, 5.74) is 0. The number of ether oxygens (including phenoxy) is 1. The smallest absolute Gasteiger partial charge is 0.0701 e. The van der Waals surface area contributed by atoms with Crippen LogP contribution in [-0.4, -0.2) is 31.1 Å². The van der Waals surface area contributed by atoms with Crippen LogP contribution in [0.3, 0.4) is 0 Å². The Morgan fingerprint density at radius 3 is 2.22 bits per heavy atom. The van der Waals surface area contributed by atoms with E-state index in [0.29, 0.717) is 0 Å². The molecule has 0 spiro atoms. The molecule has 9 heavy (non-hydrogen) atoms. The molecule has 0 fully saturated rings. The summed E-state index contributed by atoms with van der Waals surface area (Å²) in [5, 5.41) is 0. The van der Waals surface area contributed by atoms with Gasteiger partial charge in [0.15, 0.2) is 0 Å². The summed E-state index contributed by atoms with van der Waals surface area (Å²) < 4.78 is 4.68. The molecule has 0 saturated carbocycles. The number of nitrogens with zero attached hydrogens (tertiary/aromatic N) is 1. The van der Waals surface area contributed by atoms with Crippen LogP contribution in [0.4, 0.5) is 0 Å². The molecule has 0 heterocycles. The first-order valence-electron chi connectivity index (χ1n) is 3.44. The second kappa shape index (κ2) is 6.05. The molecule has 0 rings (SSSR count). The molecule has 0 aliphatic heterocycles. The van der Waals surface area contributed by atoms with E-state index in [1.807, 2.05) is 0 Å². The first-order chi connectivity index (χ1) is 4.35. The third kappa shape index (κ3) is 4.43. The van der Waals surface area contributed by atoms with Crippen molar-refractivity contribution in [2.75, 3.05) is 26.2 Å². The van der Waals surface area contributed by atoms with E-state index in [-0.39, 0.29) is 0 Å². The van der Waals surface area contributed by atoms with Gasteiger partial charge >= 0.3 is 0 Å². The van der Waals surface area contributed by atoms with Crippen LogP contribution in [0, 0.1) is 7.11 Å². The summed E-state index contributed by atoms with van der Waals surface area (Å²) in [6.45, 7) is 8.22. The Kier molecular flexibility index (Phi) is 5.99. The van der Waals surface area contributed by atoms with E-state index in [2.05, 4.69) is 30.6 Å². The lowest BCUT2D eigenvalue weighted by molar-refractivity contribution is 0.182. The van der Waals surface area contributed by atoms with E-state index in [1.54, 1.807) is 0 Å². The van der Waals surface area contributed by atoms with Crippen LogP contribution in [-0.2, 0) is 4.74 Å². The molecule has 1 radical (unpaired) electrons. The molecule has 0 aromatic rings. The maximum atomic E-state index is 4.68. The highest BCUT2D eigenvalue weighted by atomic mass is 16.5. The number of hydrogen-bond donors (Lipinski definition) is 0. The van der Waals surface area contributed by atoms with Crippen molar-refractivity contribution in [3.8, 4) is 0 Å². The van der Waals surface area contributed by atoms with Gasteiger partial charge in [-0.05, 0) is 13.1 Å².